The minimum atomic E-state index is -5.08. The number of hydrogen-bond donors (Lipinski definition) is 3. The fourth-order valence-corrected chi connectivity index (χ4v) is 1.17. The number of hydrogen-bond acceptors (Lipinski definition) is 3. The first-order chi connectivity index (χ1) is 6.90. The average molecular weight is 243 g/mol. The van der Waals surface area contributed by atoms with E-state index in [1.807, 2.05) is 0 Å². The summed E-state index contributed by atoms with van der Waals surface area (Å²) in [6.45, 7) is 3.57. The average Bonchev–Trinajstić information content (AvgIpc) is 1.97. The van der Waals surface area contributed by atoms with Crippen molar-refractivity contribution >= 4 is 5.97 Å². The molecule has 0 unspecified atom stereocenters. The number of rotatable bonds is 1. The van der Waals surface area contributed by atoms with Gasteiger partial charge >= 0.3 is 12.1 Å². The van der Waals surface area contributed by atoms with E-state index in [-0.39, 0.29) is 5.54 Å². The lowest BCUT2D eigenvalue weighted by Crippen LogP contribution is -2.61. The molecule has 1 aliphatic rings. The lowest BCUT2D eigenvalue weighted by Gasteiger charge is -2.47. The number of aliphatic carboxylic acids is 1. The molecule has 0 aromatic rings. The Morgan fingerprint density at radius 1 is 1.31 bits per heavy atom. The summed E-state index contributed by atoms with van der Waals surface area (Å²) in [6.07, 6.45) is -1.98. The molecule has 1 rings (SSSR count). The molecule has 0 bridgehead atoms. The molecule has 0 saturated heterocycles. The first-order valence-electron chi connectivity index (χ1n) is 4.71. The number of nitrogens with two attached hydrogens (primary N) is 1. The second-order valence-electron chi connectivity index (χ2n) is 4.37. The van der Waals surface area contributed by atoms with E-state index in [0.29, 0.717) is 0 Å². The van der Waals surface area contributed by atoms with E-state index in [0.717, 1.165) is 12.8 Å². The van der Waals surface area contributed by atoms with Crippen LogP contribution in [-0.2, 0) is 4.79 Å². The molecule has 0 aromatic carbocycles. The van der Waals surface area contributed by atoms with Gasteiger partial charge in [-0.25, -0.2) is 4.79 Å². The van der Waals surface area contributed by atoms with Gasteiger partial charge in [0, 0.05) is 5.54 Å². The molecule has 0 amide bonds. The molecule has 16 heavy (non-hydrogen) atoms. The largest absolute Gasteiger partial charge is 0.490 e. The summed E-state index contributed by atoms with van der Waals surface area (Å²) in [5.74, 6) is -2.76. The van der Waals surface area contributed by atoms with E-state index >= 15 is 0 Å². The second kappa shape index (κ2) is 4.58. The van der Waals surface area contributed by atoms with Crippen LogP contribution >= 0.6 is 0 Å². The van der Waals surface area contributed by atoms with Gasteiger partial charge < -0.3 is 15.9 Å². The second-order valence-corrected chi connectivity index (χ2v) is 4.37. The van der Waals surface area contributed by atoms with Crippen LogP contribution in [0.2, 0.25) is 0 Å². The summed E-state index contributed by atoms with van der Waals surface area (Å²) in [5, 5.41) is 16.6. The Bertz CT molecular complexity index is 254. The van der Waals surface area contributed by atoms with E-state index in [2.05, 4.69) is 0 Å². The first kappa shape index (κ1) is 15.2. The van der Waals surface area contributed by atoms with Crippen molar-refractivity contribution in [2.45, 2.75) is 50.4 Å². The molecule has 1 aliphatic carbocycles. The molecule has 1 saturated carbocycles. The van der Waals surface area contributed by atoms with Crippen molar-refractivity contribution in [3.8, 4) is 0 Å². The molecule has 0 spiro atoms. The van der Waals surface area contributed by atoms with Crippen LogP contribution in [0.3, 0.4) is 0 Å². The predicted molar refractivity (Wildman–Crippen MR) is 50.8 cm³/mol. The van der Waals surface area contributed by atoms with Crippen molar-refractivity contribution in [2.75, 3.05) is 0 Å². The maximum atomic E-state index is 10.6. The van der Waals surface area contributed by atoms with Crippen LogP contribution < -0.4 is 5.73 Å². The zero-order valence-electron chi connectivity index (χ0n) is 9.14. The summed E-state index contributed by atoms with van der Waals surface area (Å²) in [6, 6.07) is 0. The Kier molecular flexibility index (Phi) is 4.35. The van der Waals surface area contributed by atoms with Gasteiger partial charge in [0.25, 0.3) is 0 Å². The van der Waals surface area contributed by atoms with Crippen molar-refractivity contribution in [3.05, 3.63) is 0 Å². The maximum Gasteiger partial charge on any atom is 0.490 e. The highest BCUT2D eigenvalue weighted by Gasteiger charge is 2.44. The minimum absolute atomic E-state index is 0.285. The molecule has 0 radical (unpaired) electrons. The predicted octanol–water partition coefficient (Wildman–Crippen LogP) is 1.27. The lowest BCUT2D eigenvalue weighted by molar-refractivity contribution is -0.192. The summed E-state index contributed by atoms with van der Waals surface area (Å²) < 4.78 is 31.7. The molecule has 0 aliphatic heterocycles. The lowest BCUT2D eigenvalue weighted by atomic mass is 9.68. The van der Waals surface area contributed by atoms with Crippen LogP contribution in [0.15, 0.2) is 0 Å². The van der Waals surface area contributed by atoms with Gasteiger partial charge in [0.05, 0.1) is 5.60 Å². The van der Waals surface area contributed by atoms with Crippen LogP contribution in [-0.4, -0.2) is 33.5 Å². The van der Waals surface area contributed by atoms with E-state index in [4.69, 9.17) is 15.6 Å². The normalized spacial score (nSPS) is 19.2. The third kappa shape index (κ3) is 3.97. The number of halogens is 3. The highest BCUT2D eigenvalue weighted by Crippen LogP contribution is 2.37. The van der Waals surface area contributed by atoms with Gasteiger partial charge in [-0.3, -0.25) is 0 Å². The van der Waals surface area contributed by atoms with Crippen LogP contribution in [0.4, 0.5) is 13.2 Å². The zero-order valence-corrected chi connectivity index (χ0v) is 9.14. The molecular weight excluding hydrogens is 227 g/mol. The Morgan fingerprint density at radius 3 is 1.62 bits per heavy atom. The van der Waals surface area contributed by atoms with Gasteiger partial charge in [-0.15, -0.1) is 0 Å². The van der Waals surface area contributed by atoms with Gasteiger partial charge in [0.2, 0.25) is 0 Å². The van der Waals surface area contributed by atoms with E-state index in [1.165, 1.54) is 6.42 Å². The van der Waals surface area contributed by atoms with E-state index in [9.17, 15) is 18.3 Å². The molecule has 0 aromatic heterocycles. The number of aliphatic hydroxyl groups is 1. The van der Waals surface area contributed by atoms with Crippen molar-refractivity contribution in [1.29, 1.82) is 0 Å². The Morgan fingerprint density at radius 2 is 1.62 bits per heavy atom. The van der Waals surface area contributed by atoms with Crippen molar-refractivity contribution in [2.24, 2.45) is 5.73 Å². The van der Waals surface area contributed by atoms with Gasteiger partial charge in [-0.1, -0.05) is 0 Å². The van der Waals surface area contributed by atoms with E-state index < -0.39 is 17.7 Å². The Balaban J connectivity index is 0.000000293. The third-order valence-corrected chi connectivity index (χ3v) is 2.71. The van der Waals surface area contributed by atoms with E-state index in [1.54, 1.807) is 13.8 Å². The highest BCUT2D eigenvalue weighted by atomic mass is 19.4. The smallest absolute Gasteiger partial charge is 0.475 e. The van der Waals surface area contributed by atoms with Gasteiger partial charge in [0.1, 0.15) is 0 Å². The van der Waals surface area contributed by atoms with Crippen molar-refractivity contribution < 1.29 is 28.2 Å². The summed E-state index contributed by atoms with van der Waals surface area (Å²) >= 11 is 0. The Hall–Kier alpha value is -0.820. The van der Waals surface area contributed by atoms with Gasteiger partial charge in [-0.2, -0.15) is 13.2 Å². The van der Waals surface area contributed by atoms with Crippen LogP contribution in [0.25, 0.3) is 0 Å². The molecule has 1 fully saturated rings. The molecule has 4 nitrogen and oxygen atoms in total. The van der Waals surface area contributed by atoms with Gasteiger partial charge in [0.15, 0.2) is 0 Å². The molecule has 7 heteroatoms. The molecule has 0 heterocycles. The third-order valence-electron chi connectivity index (χ3n) is 2.71. The van der Waals surface area contributed by atoms with Crippen LogP contribution in [0.5, 0.6) is 0 Å². The molecule has 96 valence electrons. The van der Waals surface area contributed by atoms with Crippen molar-refractivity contribution in [3.63, 3.8) is 0 Å². The Labute approximate surface area is 91.2 Å². The topological polar surface area (TPSA) is 83.5 Å². The fraction of sp³-hybridized carbons (Fsp3) is 0.889. The SMILES string of the molecule is CC(C)(O)C1(N)CCC1.O=C(O)C(F)(F)F. The minimum Gasteiger partial charge on any atom is -0.475 e. The number of carbonyl (C=O) groups is 1. The number of alkyl halides is 3. The highest BCUT2D eigenvalue weighted by molar-refractivity contribution is 5.73. The number of carboxylic acids is 1. The first-order valence-corrected chi connectivity index (χ1v) is 4.71. The summed E-state index contributed by atoms with van der Waals surface area (Å²) in [4.78, 5) is 8.90. The maximum absolute atomic E-state index is 10.6. The van der Waals surface area contributed by atoms with Gasteiger partial charge in [-0.05, 0) is 33.1 Å². The molecule has 0 atom stereocenters. The monoisotopic (exact) mass is 243 g/mol. The summed E-state index contributed by atoms with van der Waals surface area (Å²) in [5.41, 5.74) is 4.86. The fourth-order valence-electron chi connectivity index (χ4n) is 1.17. The van der Waals surface area contributed by atoms with Crippen LogP contribution in [0.1, 0.15) is 33.1 Å². The summed E-state index contributed by atoms with van der Waals surface area (Å²) in [7, 11) is 0. The van der Waals surface area contributed by atoms with Crippen molar-refractivity contribution in [1.82, 2.24) is 0 Å². The standard InChI is InChI=1S/C7H15NO.C2HF3O2/c1-6(2,9)7(8)4-3-5-7;3-2(4,5)1(6)7/h9H,3-5,8H2,1-2H3;(H,6,7). The van der Waals surface area contributed by atoms with Crippen LogP contribution in [0, 0.1) is 0 Å². The number of carboxylic acid groups (broad SMARTS) is 1. The zero-order chi connectivity index (χ0) is 13.2. The quantitative estimate of drug-likeness (QED) is 0.647. The molecule has 4 N–H and O–H groups in total. The molecular formula is C9H16F3NO3.